The maximum absolute atomic E-state index is 12.3. The SMILES string of the molecule is O=C(Nc1ccc(Br)cc1Br)c1ccc(N2CC=CC2)cc1. The summed E-state index contributed by atoms with van der Waals surface area (Å²) < 4.78 is 1.80. The lowest BCUT2D eigenvalue weighted by Gasteiger charge is -2.17. The molecule has 0 unspecified atom stereocenters. The van der Waals surface area contributed by atoms with Crippen molar-refractivity contribution < 1.29 is 4.79 Å². The van der Waals surface area contributed by atoms with Gasteiger partial charge in [0.05, 0.1) is 5.69 Å². The number of rotatable bonds is 3. The van der Waals surface area contributed by atoms with Crippen LogP contribution in [0.5, 0.6) is 0 Å². The summed E-state index contributed by atoms with van der Waals surface area (Å²) in [5.41, 5.74) is 2.53. The molecular formula is C17H14Br2N2O. The molecule has 0 bridgehead atoms. The molecule has 5 heteroatoms. The minimum Gasteiger partial charge on any atom is -0.364 e. The van der Waals surface area contributed by atoms with Crippen molar-refractivity contribution in [1.29, 1.82) is 0 Å². The van der Waals surface area contributed by atoms with Gasteiger partial charge < -0.3 is 10.2 Å². The van der Waals surface area contributed by atoms with Crippen LogP contribution in [0.2, 0.25) is 0 Å². The first-order valence-electron chi connectivity index (χ1n) is 6.90. The molecule has 2 aromatic carbocycles. The van der Waals surface area contributed by atoms with Crippen molar-refractivity contribution in [2.24, 2.45) is 0 Å². The Morgan fingerprint density at radius 1 is 1.00 bits per heavy atom. The number of hydrogen-bond acceptors (Lipinski definition) is 2. The fraction of sp³-hybridized carbons (Fsp3) is 0.118. The maximum Gasteiger partial charge on any atom is 0.255 e. The molecule has 1 heterocycles. The lowest BCUT2D eigenvalue weighted by molar-refractivity contribution is 0.102. The van der Waals surface area contributed by atoms with Crippen molar-refractivity contribution in [2.75, 3.05) is 23.3 Å². The molecule has 0 fully saturated rings. The van der Waals surface area contributed by atoms with Gasteiger partial charge in [0.15, 0.2) is 0 Å². The first kappa shape index (κ1) is 15.3. The minimum atomic E-state index is -0.117. The number of halogens is 2. The second-order valence-electron chi connectivity index (χ2n) is 5.00. The van der Waals surface area contributed by atoms with Gasteiger partial charge in [0.2, 0.25) is 0 Å². The Morgan fingerprint density at radius 2 is 1.68 bits per heavy atom. The molecule has 22 heavy (non-hydrogen) atoms. The zero-order valence-corrected chi connectivity index (χ0v) is 14.9. The summed E-state index contributed by atoms with van der Waals surface area (Å²) in [6.07, 6.45) is 4.29. The van der Waals surface area contributed by atoms with Crippen molar-refractivity contribution in [3.05, 3.63) is 69.1 Å². The monoisotopic (exact) mass is 420 g/mol. The fourth-order valence-corrected chi connectivity index (χ4v) is 3.44. The van der Waals surface area contributed by atoms with Crippen LogP contribution in [0.1, 0.15) is 10.4 Å². The van der Waals surface area contributed by atoms with Crippen LogP contribution in [0.25, 0.3) is 0 Å². The summed E-state index contributed by atoms with van der Waals surface area (Å²) in [6.45, 7) is 1.86. The van der Waals surface area contributed by atoms with Gasteiger partial charge in [-0.3, -0.25) is 4.79 Å². The highest BCUT2D eigenvalue weighted by Crippen LogP contribution is 2.27. The molecule has 0 spiro atoms. The van der Waals surface area contributed by atoms with E-state index >= 15 is 0 Å². The predicted octanol–water partition coefficient (Wildman–Crippen LogP) is 4.84. The van der Waals surface area contributed by atoms with E-state index in [0.717, 1.165) is 33.4 Å². The second-order valence-corrected chi connectivity index (χ2v) is 6.77. The number of carbonyl (C=O) groups excluding carboxylic acids is 1. The average Bonchev–Trinajstić information content (AvgIpc) is 3.04. The molecule has 0 aliphatic carbocycles. The van der Waals surface area contributed by atoms with Crippen molar-refractivity contribution in [3.8, 4) is 0 Å². The topological polar surface area (TPSA) is 32.3 Å². The molecule has 112 valence electrons. The Morgan fingerprint density at radius 3 is 2.32 bits per heavy atom. The van der Waals surface area contributed by atoms with E-state index in [1.807, 2.05) is 42.5 Å². The summed E-state index contributed by atoms with van der Waals surface area (Å²) in [6, 6.07) is 13.3. The molecule has 1 aliphatic rings. The molecule has 0 saturated carbocycles. The van der Waals surface area contributed by atoms with Crippen molar-refractivity contribution in [1.82, 2.24) is 0 Å². The number of carbonyl (C=O) groups is 1. The van der Waals surface area contributed by atoms with Crippen LogP contribution in [-0.2, 0) is 0 Å². The van der Waals surface area contributed by atoms with Crippen molar-refractivity contribution >= 4 is 49.1 Å². The zero-order valence-electron chi connectivity index (χ0n) is 11.7. The molecule has 3 nitrogen and oxygen atoms in total. The molecule has 1 aliphatic heterocycles. The Balaban J connectivity index is 1.72. The van der Waals surface area contributed by atoms with Crippen LogP contribution in [0.15, 0.2) is 63.6 Å². The highest BCUT2D eigenvalue weighted by molar-refractivity contribution is 9.11. The number of nitrogens with one attached hydrogen (secondary N) is 1. The average molecular weight is 422 g/mol. The van der Waals surface area contributed by atoms with Crippen LogP contribution in [0.4, 0.5) is 11.4 Å². The van der Waals surface area contributed by atoms with E-state index in [4.69, 9.17) is 0 Å². The molecule has 0 saturated heterocycles. The summed E-state index contributed by atoms with van der Waals surface area (Å²) in [5, 5.41) is 2.91. The van der Waals surface area contributed by atoms with Gasteiger partial charge in [0.1, 0.15) is 0 Å². The third-order valence-corrected chi connectivity index (χ3v) is 4.64. The Bertz CT molecular complexity index is 718. The molecule has 0 atom stereocenters. The highest BCUT2D eigenvalue weighted by Gasteiger charge is 2.11. The zero-order chi connectivity index (χ0) is 15.5. The molecule has 0 radical (unpaired) electrons. The lowest BCUT2D eigenvalue weighted by atomic mass is 10.1. The normalized spacial score (nSPS) is 13.5. The Hall–Kier alpha value is -1.59. The van der Waals surface area contributed by atoms with E-state index < -0.39 is 0 Å². The maximum atomic E-state index is 12.3. The van der Waals surface area contributed by atoms with E-state index in [2.05, 4.69) is 54.2 Å². The van der Waals surface area contributed by atoms with Gasteiger partial charge in [-0.2, -0.15) is 0 Å². The first-order valence-corrected chi connectivity index (χ1v) is 8.48. The van der Waals surface area contributed by atoms with E-state index in [1.54, 1.807) is 0 Å². The highest BCUT2D eigenvalue weighted by atomic mass is 79.9. The molecule has 2 aromatic rings. The van der Waals surface area contributed by atoms with Crippen LogP contribution in [0, 0.1) is 0 Å². The second kappa shape index (κ2) is 6.67. The van der Waals surface area contributed by atoms with Gasteiger partial charge in [0, 0.05) is 33.3 Å². The number of anilines is 2. The molecule has 1 amide bonds. The van der Waals surface area contributed by atoms with Gasteiger partial charge in [-0.25, -0.2) is 0 Å². The van der Waals surface area contributed by atoms with Crippen LogP contribution >= 0.6 is 31.9 Å². The summed E-state index contributed by atoms with van der Waals surface area (Å²) in [7, 11) is 0. The quantitative estimate of drug-likeness (QED) is 0.719. The number of nitrogens with zero attached hydrogens (tertiary/aromatic N) is 1. The molecule has 0 aromatic heterocycles. The van der Waals surface area contributed by atoms with Crippen LogP contribution in [0.3, 0.4) is 0 Å². The van der Waals surface area contributed by atoms with Gasteiger partial charge in [0.25, 0.3) is 5.91 Å². The van der Waals surface area contributed by atoms with Gasteiger partial charge in [-0.1, -0.05) is 28.1 Å². The molecular weight excluding hydrogens is 408 g/mol. The van der Waals surface area contributed by atoms with E-state index in [1.165, 1.54) is 0 Å². The third kappa shape index (κ3) is 3.42. The summed E-state index contributed by atoms with van der Waals surface area (Å²) in [5.74, 6) is -0.117. The molecule has 3 rings (SSSR count). The van der Waals surface area contributed by atoms with Gasteiger partial charge >= 0.3 is 0 Å². The Kier molecular flexibility index (Phi) is 4.64. The number of hydrogen-bond donors (Lipinski definition) is 1. The third-order valence-electron chi connectivity index (χ3n) is 3.49. The van der Waals surface area contributed by atoms with Crippen LogP contribution < -0.4 is 10.2 Å². The smallest absolute Gasteiger partial charge is 0.255 e. The standard InChI is InChI=1S/C17H14Br2N2O/c18-13-5-8-16(15(19)11-13)20-17(22)12-3-6-14(7-4-12)21-9-1-2-10-21/h1-8,11H,9-10H2,(H,20,22). The number of amides is 1. The van der Waals surface area contributed by atoms with Gasteiger partial charge in [-0.15, -0.1) is 0 Å². The molecule has 1 N–H and O–H groups in total. The summed E-state index contributed by atoms with van der Waals surface area (Å²) >= 11 is 6.84. The minimum absolute atomic E-state index is 0.117. The summed E-state index contributed by atoms with van der Waals surface area (Å²) in [4.78, 5) is 14.6. The Labute approximate surface area is 146 Å². The van der Waals surface area contributed by atoms with E-state index in [0.29, 0.717) is 5.56 Å². The lowest BCUT2D eigenvalue weighted by Crippen LogP contribution is -2.18. The van der Waals surface area contributed by atoms with Crippen LogP contribution in [-0.4, -0.2) is 19.0 Å². The van der Waals surface area contributed by atoms with Gasteiger partial charge in [-0.05, 0) is 58.4 Å². The number of benzene rings is 2. The largest absolute Gasteiger partial charge is 0.364 e. The van der Waals surface area contributed by atoms with Crippen molar-refractivity contribution in [2.45, 2.75) is 0 Å². The predicted molar refractivity (Wildman–Crippen MR) is 97.6 cm³/mol. The van der Waals surface area contributed by atoms with E-state index in [-0.39, 0.29) is 5.91 Å². The first-order chi connectivity index (χ1) is 10.6. The van der Waals surface area contributed by atoms with Crippen molar-refractivity contribution in [3.63, 3.8) is 0 Å². The fourth-order valence-electron chi connectivity index (χ4n) is 2.30. The van der Waals surface area contributed by atoms with E-state index in [9.17, 15) is 4.79 Å².